The summed E-state index contributed by atoms with van der Waals surface area (Å²) < 4.78 is 0. The number of carbonyl (C=O) groups is 1. The van der Waals surface area contributed by atoms with Gasteiger partial charge in [0.05, 0.1) is 0 Å². The number of nitrogens with one attached hydrogen (secondary N) is 1. The summed E-state index contributed by atoms with van der Waals surface area (Å²) in [7, 11) is 0. The molecule has 4 heteroatoms. The number of hydrogen-bond acceptors (Lipinski definition) is 3. The van der Waals surface area contributed by atoms with Gasteiger partial charge in [0.1, 0.15) is 0 Å². The van der Waals surface area contributed by atoms with Crippen LogP contribution in [0.4, 0.5) is 0 Å². The third-order valence-electron chi connectivity index (χ3n) is 3.56. The van der Waals surface area contributed by atoms with E-state index >= 15 is 0 Å². The van der Waals surface area contributed by atoms with Gasteiger partial charge in [-0.1, -0.05) is 27.2 Å². The fraction of sp³-hybridized carbons (Fsp3) is 0.929. The van der Waals surface area contributed by atoms with E-state index in [1.807, 2.05) is 0 Å². The number of carbonyl (C=O) groups excluding carboxylic acids is 1. The van der Waals surface area contributed by atoms with Crippen molar-refractivity contribution in [3.05, 3.63) is 0 Å². The molecule has 1 amide bonds. The largest absolute Gasteiger partial charge is 0.396 e. The minimum Gasteiger partial charge on any atom is -0.396 e. The third-order valence-corrected chi connectivity index (χ3v) is 3.56. The van der Waals surface area contributed by atoms with Crippen LogP contribution in [0.1, 0.15) is 52.9 Å². The van der Waals surface area contributed by atoms with Crippen LogP contribution in [0.2, 0.25) is 0 Å². The molecule has 1 saturated carbocycles. The van der Waals surface area contributed by atoms with Gasteiger partial charge < -0.3 is 16.2 Å². The Labute approximate surface area is 110 Å². The first-order valence-corrected chi connectivity index (χ1v) is 6.97. The van der Waals surface area contributed by atoms with Gasteiger partial charge in [0.25, 0.3) is 0 Å². The molecular formula is C14H28N2O2. The molecule has 1 fully saturated rings. The fourth-order valence-corrected chi connectivity index (χ4v) is 2.81. The van der Waals surface area contributed by atoms with Gasteiger partial charge in [-0.15, -0.1) is 0 Å². The molecule has 3 atom stereocenters. The molecular weight excluding hydrogens is 228 g/mol. The van der Waals surface area contributed by atoms with Crippen LogP contribution in [0.3, 0.4) is 0 Å². The molecule has 4 N–H and O–H groups in total. The molecule has 3 unspecified atom stereocenters. The van der Waals surface area contributed by atoms with Crippen molar-refractivity contribution in [2.24, 2.45) is 17.1 Å². The van der Waals surface area contributed by atoms with Crippen molar-refractivity contribution in [2.45, 2.75) is 65.0 Å². The highest BCUT2D eigenvalue weighted by atomic mass is 16.3. The molecule has 0 heterocycles. The number of nitrogens with two attached hydrogens (primary N) is 1. The molecule has 0 aromatic rings. The van der Waals surface area contributed by atoms with E-state index in [2.05, 4.69) is 26.1 Å². The van der Waals surface area contributed by atoms with Crippen LogP contribution >= 0.6 is 0 Å². The molecule has 0 bridgehead atoms. The van der Waals surface area contributed by atoms with Crippen molar-refractivity contribution < 1.29 is 9.90 Å². The lowest BCUT2D eigenvalue weighted by Crippen LogP contribution is -2.41. The summed E-state index contributed by atoms with van der Waals surface area (Å²) in [4.78, 5) is 11.9. The molecule has 1 aliphatic rings. The first kappa shape index (κ1) is 15.4. The summed E-state index contributed by atoms with van der Waals surface area (Å²) in [6.45, 7) is 6.55. The molecule has 0 aromatic carbocycles. The summed E-state index contributed by atoms with van der Waals surface area (Å²) in [5.74, 6) is 0.255. The minimum absolute atomic E-state index is 0.0251. The van der Waals surface area contributed by atoms with Crippen LogP contribution in [0.5, 0.6) is 0 Å². The van der Waals surface area contributed by atoms with E-state index in [4.69, 9.17) is 5.73 Å². The number of aliphatic hydroxyl groups is 1. The van der Waals surface area contributed by atoms with E-state index in [1.54, 1.807) is 0 Å². The SMILES string of the molecule is CC(C)(C)CC(N)CC(=O)NC1CCCC1CO. The lowest BCUT2D eigenvalue weighted by molar-refractivity contribution is -0.122. The first-order chi connectivity index (χ1) is 8.31. The zero-order chi connectivity index (χ0) is 13.8. The predicted octanol–water partition coefficient (Wildman–Crippen LogP) is 1.42. The van der Waals surface area contributed by atoms with Crippen LogP contribution in [0.15, 0.2) is 0 Å². The third kappa shape index (κ3) is 5.36. The van der Waals surface area contributed by atoms with E-state index in [1.165, 1.54) is 0 Å². The highest BCUT2D eigenvalue weighted by Crippen LogP contribution is 2.25. The van der Waals surface area contributed by atoms with E-state index in [-0.39, 0.29) is 35.9 Å². The van der Waals surface area contributed by atoms with Gasteiger partial charge >= 0.3 is 0 Å². The summed E-state index contributed by atoms with van der Waals surface area (Å²) >= 11 is 0. The monoisotopic (exact) mass is 256 g/mol. The number of hydrogen-bond donors (Lipinski definition) is 3. The second-order valence-electron chi connectivity index (χ2n) is 6.78. The van der Waals surface area contributed by atoms with Gasteiger partial charge in [0.2, 0.25) is 5.91 Å². The zero-order valence-corrected chi connectivity index (χ0v) is 11.9. The van der Waals surface area contributed by atoms with Gasteiger partial charge in [-0.2, -0.15) is 0 Å². The van der Waals surface area contributed by atoms with E-state index in [0.29, 0.717) is 6.42 Å². The van der Waals surface area contributed by atoms with Crippen molar-refractivity contribution in [1.82, 2.24) is 5.32 Å². The number of aliphatic hydroxyl groups excluding tert-OH is 1. The lowest BCUT2D eigenvalue weighted by atomic mass is 9.87. The molecule has 0 aliphatic heterocycles. The maximum Gasteiger partial charge on any atom is 0.221 e. The predicted molar refractivity (Wildman–Crippen MR) is 73.0 cm³/mol. The van der Waals surface area contributed by atoms with Crippen molar-refractivity contribution in [3.63, 3.8) is 0 Å². The average molecular weight is 256 g/mol. The van der Waals surface area contributed by atoms with Crippen molar-refractivity contribution in [1.29, 1.82) is 0 Å². The highest BCUT2D eigenvalue weighted by molar-refractivity contribution is 5.76. The van der Waals surface area contributed by atoms with Gasteiger partial charge in [0.15, 0.2) is 0 Å². The summed E-state index contributed by atoms with van der Waals surface area (Å²) in [6, 6.07) is 0.0586. The summed E-state index contributed by atoms with van der Waals surface area (Å²) in [6.07, 6.45) is 4.30. The van der Waals surface area contributed by atoms with Gasteiger partial charge in [-0.05, 0) is 24.7 Å². The Hall–Kier alpha value is -0.610. The smallest absolute Gasteiger partial charge is 0.221 e. The lowest BCUT2D eigenvalue weighted by Gasteiger charge is -2.24. The Morgan fingerprint density at radius 2 is 2.11 bits per heavy atom. The van der Waals surface area contributed by atoms with E-state index < -0.39 is 0 Å². The van der Waals surface area contributed by atoms with Crippen LogP contribution < -0.4 is 11.1 Å². The van der Waals surface area contributed by atoms with Crippen molar-refractivity contribution in [3.8, 4) is 0 Å². The standard InChI is InChI=1S/C14H28N2O2/c1-14(2,3)8-11(15)7-13(18)16-12-6-4-5-10(12)9-17/h10-12,17H,4-9,15H2,1-3H3,(H,16,18). The summed E-state index contributed by atoms with van der Waals surface area (Å²) in [5, 5.41) is 12.2. The number of rotatable bonds is 5. The average Bonchev–Trinajstić information content (AvgIpc) is 2.61. The zero-order valence-electron chi connectivity index (χ0n) is 11.9. The van der Waals surface area contributed by atoms with Crippen molar-refractivity contribution >= 4 is 5.91 Å². The Bertz CT molecular complexity index is 273. The van der Waals surface area contributed by atoms with Crippen LogP contribution in [0.25, 0.3) is 0 Å². The van der Waals surface area contributed by atoms with Crippen LogP contribution in [0, 0.1) is 11.3 Å². The Kier molecular flexibility index (Phi) is 5.60. The maximum atomic E-state index is 11.9. The second-order valence-corrected chi connectivity index (χ2v) is 6.78. The fourth-order valence-electron chi connectivity index (χ4n) is 2.81. The first-order valence-electron chi connectivity index (χ1n) is 6.97. The molecule has 0 aromatic heterocycles. The molecule has 1 rings (SSSR count). The summed E-state index contributed by atoms with van der Waals surface area (Å²) in [5.41, 5.74) is 6.15. The minimum atomic E-state index is -0.0843. The van der Waals surface area contributed by atoms with Crippen LogP contribution in [-0.2, 0) is 4.79 Å². The van der Waals surface area contributed by atoms with Crippen LogP contribution in [-0.4, -0.2) is 29.7 Å². The number of amides is 1. The molecule has 18 heavy (non-hydrogen) atoms. The Balaban J connectivity index is 2.33. The highest BCUT2D eigenvalue weighted by Gasteiger charge is 2.28. The van der Waals surface area contributed by atoms with Gasteiger partial charge in [-0.3, -0.25) is 4.79 Å². The van der Waals surface area contributed by atoms with E-state index in [9.17, 15) is 9.90 Å². The van der Waals surface area contributed by atoms with Gasteiger partial charge in [-0.25, -0.2) is 0 Å². The second kappa shape index (κ2) is 6.53. The Morgan fingerprint density at radius 1 is 1.44 bits per heavy atom. The normalized spacial score (nSPS) is 26.1. The molecule has 0 saturated heterocycles. The molecule has 0 radical (unpaired) electrons. The van der Waals surface area contributed by atoms with Crippen molar-refractivity contribution in [2.75, 3.05) is 6.61 Å². The molecule has 4 nitrogen and oxygen atoms in total. The Morgan fingerprint density at radius 3 is 2.67 bits per heavy atom. The van der Waals surface area contributed by atoms with E-state index in [0.717, 1.165) is 25.7 Å². The van der Waals surface area contributed by atoms with Gasteiger partial charge in [0, 0.05) is 31.0 Å². The molecule has 0 spiro atoms. The maximum absolute atomic E-state index is 11.9. The molecule has 1 aliphatic carbocycles. The topological polar surface area (TPSA) is 75.4 Å². The molecule has 106 valence electrons. The quantitative estimate of drug-likeness (QED) is 0.696.